The highest BCUT2D eigenvalue weighted by Crippen LogP contribution is 2.26. The molecule has 18 heavy (non-hydrogen) atoms. The van der Waals surface area contributed by atoms with Crippen molar-refractivity contribution in [2.24, 2.45) is 0 Å². The molecule has 0 aliphatic carbocycles. The van der Waals surface area contributed by atoms with Gasteiger partial charge in [0.25, 0.3) is 0 Å². The van der Waals surface area contributed by atoms with Gasteiger partial charge in [0.15, 0.2) is 0 Å². The zero-order valence-electron chi connectivity index (χ0n) is 11.8. The van der Waals surface area contributed by atoms with Crippen LogP contribution in [0.1, 0.15) is 43.4 Å². The van der Waals surface area contributed by atoms with Crippen molar-refractivity contribution in [2.75, 3.05) is 18.9 Å². The Kier molecular flexibility index (Phi) is 6.51. The smallest absolute Gasteiger partial charge is 0.0370 e. The molecule has 0 saturated carbocycles. The van der Waals surface area contributed by atoms with Crippen molar-refractivity contribution in [1.82, 2.24) is 5.32 Å². The lowest BCUT2D eigenvalue weighted by molar-refractivity contribution is 0.412. The maximum atomic E-state index is 3.60. The van der Waals surface area contributed by atoms with Gasteiger partial charge in [-0.1, -0.05) is 25.5 Å². The van der Waals surface area contributed by atoms with Crippen molar-refractivity contribution in [3.05, 3.63) is 42.5 Å². The maximum Gasteiger partial charge on any atom is 0.0370 e. The van der Waals surface area contributed by atoms with Crippen LogP contribution in [0.15, 0.2) is 31.4 Å². The summed E-state index contributed by atoms with van der Waals surface area (Å²) in [6.45, 7) is 9.38. The third-order valence-corrected chi connectivity index (χ3v) is 3.49. The first-order chi connectivity index (χ1) is 8.85. The Morgan fingerprint density at radius 2 is 2.11 bits per heavy atom. The van der Waals surface area contributed by atoms with Crippen molar-refractivity contribution >= 4 is 5.69 Å². The maximum absolute atomic E-state index is 3.60. The van der Waals surface area contributed by atoms with E-state index in [1.54, 1.807) is 0 Å². The van der Waals surface area contributed by atoms with Gasteiger partial charge in [0.2, 0.25) is 0 Å². The largest absolute Gasteiger partial charge is 0.388 e. The van der Waals surface area contributed by atoms with Gasteiger partial charge < -0.3 is 10.6 Å². The van der Waals surface area contributed by atoms with Gasteiger partial charge in [0, 0.05) is 18.8 Å². The summed E-state index contributed by atoms with van der Waals surface area (Å²) < 4.78 is 0. The number of benzene rings is 1. The highest BCUT2D eigenvalue weighted by atomic mass is 14.9. The summed E-state index contributed by atoms with van der Waals surface area (Å²) >= 11 is 0. The third-order valence-electron chi connectivity index (χ3n) is 3.49. The molecular formula is C16H26N2. The molecule has 1 fully saturated rings. The number of aryl methyl sites for hydroxylation is 1. The molecule has 2 nitrogen and oxygen atoms in total. The second kappa shape index (κ2) is 7.93. The molecular weight excluding hydrogens is 220 g/mol. The summed E-state index contributed by atoms with van der Waals surface area (Å²) in [4.78, 5) is 0. The van der Waals surface area contributed by atoms with Crippen molar-refractivity contribution in [2.45, 2.75) is 38.6 Å². The number of piperidine rings is 1. The minimum absolute atomic E-state index is 0.574. The van der Waals surface area contributed by atoms with Gasteiger partial charge in [-0.3, -0.25) is 0 Å². The van der Waals surface area contributed by atoms with Crippen molar-refractivity contribution in [3.63, 3.8) is 0 Å². The van der Waals surface area contributed by atoms with Gasteiger partial charge in [0.1, 0.15) is 0 Å². The molecule has 0 radical (unpaired) electrons. The van der Waals surface area contributed by atoms with Crippen LogP contribution in [0.25, 0.3) is 0 Å². The topological polar surface area (TPSA) is 24.1 Å². The third kappa shape index (κ3) is 3.61. The summed E-state index contributed by atoms with van der Waals surface area (Å²) in [6, 6.07) is 7.40. The average molecular weight is 246 g/mol. The SMILES string of the molecule is C=C.CCc1cc(C2CCCCN2)ccc1NC. The van der Waals surface area contributed by atoms with Gasteiger partial charge >= 0.3 is 0 Å². The number of hydrogen-bond donors (Lipinski definition) is 2. The van der Waals surface area contributed by atoms with E-state index >= 15 is 0 Å². The lowest BCUT2D eigenvalue weighted by Crippen LogP contribution is -2.26. The first kappa shape index (κ1) is 14.8. The van der Waals surface area contributed by atoms with Crippen LogP contribution in [-0.4, -0.2) is 13.6 Å². The van der Waals surface area contributed by atoms with E-state index < -0.39 is 0 Å². The number of hydrogen-bond acceptors (Lipinski definition) is 2. The van der Waals surface area contributed by atoms with Crippen LogP contribution in [0.4, 0.5) is 5.69 Å². The number of nitrogens with one attached hydrogen (secondary N) is 2. The van der Waals surface area contributed by atoms with E-state index in [1.807, 2.05) is 7.05 Å². The molecule has 1 saturated heterocycles. The van der Waals surface area contributed by atoms with Gasteiger partial charge in [-0.2, -0.15) is 0 Å². The van der Waals surface area contributed by atoms with Crippen LogP contribution in [0.5, 0.6) is 0 Å². The van der Waals surface area contributed by atoms with Crippen LogP contribution in [0.2, 0.25) is 0 Å². The Morgan fingerprint density at radius 1 is 1.33 bits per heavy atom. The van der Waals surface area contributed by atoms with Crippen molar-refractivity contribution in [3.8, 4) is 0 Å². The zero-order chi connectivity index (χ0) is 13.4. The molecule has 0 bridgehead atoms. The minimum Gasteiger partial charge on any atom is -0.388 e. The Labute approximate surface area is 111 Å². The summed E-state index contributed by atoms with van der Waals surface area (Å²) in [6.07, 6.45) is 5.05. The molecule has 1 unspecified atom stereocenters. The molecule has 2 N–H and O–H groups in total. The fourth-order valence-electron chi connectivity index (χ4n) is 2.50. The second-order valence-electron chi connectivity index (χ2n) is 4.52. The van der Waals surface area contributed by atoms with Gasteiger partial charge in [-0.15, -0.1) is 13.2 Å². The van der Waals surface area contributed by atoms with Crippen LogP contribution >= 0.6 is 0 Å². The van der Waals surface area contributed by atoms with Crippen LogP contribution in [0, 0.1) is 0 Å². The van der Waals surface area contributed by atoms with E-state index in [2.05, 4.69) is 48.9 Å². The van der Waals surface area contributed by atoms with Crippen LogP contribution < -0.4 is 10.6 Å². The normalized spacial score (nSPS) is 18.7. The lowest BCUT2D eigenvalue weighted by Gasteiger charge is -2.24. The van der Waals surface area contributed by atoms with Crippen LogP contribution in [0.3, 0.4) is 0 Å². The fraction of sp³-hybridized carbons (Fsp3) is 0.500. The standard InChI is InChI=1S/C14H22N2.C2H4/c1-3-11-10-12(7-8-13(11)15-2)14-6-4-5-9-16-14;1-2/h7-8,10,14-16H,3-6,9H2,1-2H3;1-2H2. The van der Waals surface area contributed by atoms with Gasteiger partial charge in [-0.05, 0) is 43.0 Å². The molecule has 0 aromatic heterocycles. The van der Waals surface area contributed by atoms with Crippen LogP contribution in [-0.2, 0) is 6.42 Å². The number of rotatable bonds is 3. The van der Waals surface area contributed by atoms with E-state index in [-0.39, 0.29) is 0 Å². The molecule has 0 spiro atoms. The zero-order valence-corrected chi connectivity index (χ0v) is 11.8. The van der Waals surface area contributed by atoms with E-state index in [9.17, 15) is 0 Å². The van der Waals surface area contributed by atoms with Gasteiger partial charge in [0.05, 0.1) is 0 Å². The Balaban J connectivity index is 0.000000771. The molecule has 1 heterocycles. The summed E-state index contributed by atoms with van der Waals surface area (Å²) in [5.74, 6) is 0. The highest BCUT2D eigenvalue weighted by molar-refractivity contribution is 5.52. The Hall–Kier alpha value is -1.28. The molecule has 1 aliphatic rings. The monoisotopic (exact) mass is 246 g/mol. The summed E-state index contributed by atoms with van der Waals surface area (Å²) in [5, 5.41) is 6.86. The minimum atomic E-state index is 0.574. The quantitative estimate of drug-likeness (QED) is 0.790. The fourth-order valence-corrected chi connectivity index (χ4v) is 2.50. The van der Waals surface area contributed by atoms with Crippen molar-refractivity contribution in [1.29, 1.82) is 0 Å². The summed E-state index contributed by atoms with van der Waals surface area (Å²) in [5.41, 5.74) is 4.14. The van der Waals surface area contributed by atoms with E-state index in [0.717, 1.165) is 6.42 Å². The summed E-state index contributed by atoms with van der Waals surface area (Å²) in [7, 11) is 1.99. The molecule has 1 aromatic rings. The Morgan fingerprint density at radius 3 is 2.67 bits per heavy atom. The predicted octanol–water partition coefficient (Wildman–Crippen LogP) is 3.91. The molecule has 2 heteroatoms. The molecule has 1 atom stereocenters. The Bertz CT molecular complexity index is 354. The predicted molar refractivity (Wildman–Crippen MR) is 81.2 cm³/mol. The second-order valence-corrected chi connectivity index (χ2v) is 4.52. The average Bonchev–Trinajstić information content (AvgIpc) is 2.49. The van der Waals surface area contributed by atoms with E-state index in [1.165, 1.54) is 42.6 Å². The molecule has 0 amide bonds. The van der Waals surface area contributed by atoms with E-state index in [4.69, 9.17) is 0 Å². The first-order valence-corrected chi connectivity index (χ1v) is 6.89. The molecule has 2 rings (SSSR count). The van der Waals surface area contributed by atoms with E-state index in [0.29, 0.717) is 6.04 Å². The molecule has 1 aliphatic heterocycles. The first-order valence-electron chi connectivity index (χ1n) is 6.89. The molecule has 1 aromatic carbocycles. The molecule has 100 valence electrons. The van der Waals surface area contributed by atoms with Crippen molar-refractivity contribution < 1.29 is 0 Å². The highest BCUT2D eigenvalue weighted by Gasteiger charge is 2.15. The van der Waals surface area contributed by atoms with Gasteiger partial charge in [-0.25, -0.2) is 0 Å². The number of anilines is 1. The lowest BCUT2D eigenvalue weighted by atomic mass is 9.95.